The molecular weight excluding hydrogens is 838 g/mol. The Labute approximate surface area is 371 Å². The smallest absolute Gasteiger partial charge is 0.241 e. The monoisotopic (exact) mass is 889 g/mol. The summed E-state index contributed by atoms with van der Waals surface area (Å²) < 4.78 is 14.2. The molecule has 61 heavy (non-hydrogen) atoms. The molecule has 0 fully saturated rings. The second-order valence-corrected chi connectivity index (χ2v) is 18.4. The number of aliphatic imine (C=N–C) groups is 1. The van der Waals surface area contributed by atoms with Gasteiger partial charge in [0.15, 0.2) is 5.82 Å². The first-order chi connectivity index (χ1) is 29.0. The highest BCUT2D eigenvalue weighted by Gasteiger charge is 2.34. The van der Waals surface area contributed by atoms with Crippen molar-refractivity contribution in [3.63, 3.8) is 0 Å². The van der Waals surface area contributed by atoms with Crippen molar-refractivity contribution in [1.29, 1.82) is 5.26 Å². The Hall–Kier alpha value is -5.01. The summed E-state index contributed by atoms with van der Waals surface area (Å²) in [5.74, 6) is 1.09. The first-order valence-electron chi connectivity index (χ1n) is 20.3. The molecule has 2 N–H and O–H groups in total. The van der Waals surface area contributed by atoms with Gasteiger partial charge in [0.2, 0.25) is 17.7 Å². The summed E-state index contributed by atoms with van der Waals surface area (Å²) >= 11 is 13.7. The van der Waals surface area contributed by atoms with Gasteiger partial charge in [-0.3, -0.25) is 23.9 Å². The molecule has 0 unspecified atom stereocenters. The molecule has 4 heterocycles. The number of carbonyl (C=O) groups excluding carboxylic acids is 3. The van der Waals surface area contributed by atoms with Crippen LogP contribution in [0.4, 0.5) is 11.4 Å². The highest BCUT2D eigenvalue weighted by molar-refractivity contribution is 7.15. The van der Waals surface area contributed by atoms with Gasteiger partial charge < -0.3 is 29.9 Å². The number of alkyl halides is 1. The Morgan fingerprint density at radius 3 is 2.54 bits per heavy atom. The Morgan fingerprint density at radius 1 is 1.07 bits per heavy atom. The second kappa shape index (κ2) is 19.4. The highest BCUT2D eigenvalue weighted by Crippen LogP contribution is 2.40. The van der Waals surface area contributed by atoms with E-state index in [1.165, 1.54) is 9.78 Å². The average Bonchev–Trinajstić information content (AvgIpc) is 3.69. The summed E-state index contributed by atoms with van der Waals surface area (Å²) in [5.41, 5.74) is 4.03. The van der Waals surface area contributed by atoms with Crippen LogP contribution in [0.2, 0.25) is 5.02 Å². The number of anilines is 2. The molecule has 17 heteroatoms. The number of aromatic nitrogens is 3. The minimum absolute atomic E-state index is 0.0757. The number of fused-ring (bicyclic) bond motifs is 4. The van der Waals surface area contributed by atoms with Crippen LogP contribution in [-0.2, 0) is 19.1 Å². The fourth-order valence-electron chi connectivity index (χ4n) is 7.42. The zero-order valence-corrected chi connectivity index (χ0v) is 38.1. The number of nitriles is 1. The summed E-state index contributed by atoms with van der Waals surface area (Å²) in [6.07, 6.45) is 1.37. The second-order valence-electron chi connectivity index (χ2n) is 16.5. The summed E-state index contributed by atoms with van der Waals surface area (Å²) in [7, 11) is 0. The van der Waals surface area contributed by atoms with Crippen molar-refractivity contribution in [2.75, 3.05) is 55.1 Å². The molecule has 0 aliphatic carbocycles. The number of halogens is 2. The zero-order chi connectivity index (χ0) is 44.1. The third-order valence-corrected chi connectivity index (χ3v) is 12.6. The van der Waals surface area contributed by atoms with E-state index in [2.05, 4.69) is 40.7 Å². The van der Waals surface area contributed by atoms with E-state index in [4.69, 9.17) is 42.9 Å². The molecule has 4 aromatic rings. The molecule has 2 aromatic heterocycles. The van der Waals surface area contributed by atoms with Crippen molar-refractivity contribution in [2.24, 2.45) is 4.99 Å². The van der Waals surface area contributed by atoms with E-state index in [0.29, 0.717) is 61.4 Å². The Kier molecular flexibility index (Phi) is 14.4. The quantitative estimate of drug-likeness (QED) is 0.105. The van der Waals surface area contributed by atoms with Gasteiger partial charge in [-0.05, 0) is 91.1 Å². The predicted molar refractivity (Wildman–Crippen MR) is 240 cm³/mol. The van der Waals surface area contributed by atoms with Crippen molar-refractivity contribution >= 4 is 69.3 Å². The fraction of sp³-hybridized carbons (Fsp3) is 0.477. The number of aryl methyl sites for hydroxylation is 2. The molecule has 6 rings (SSSR count). The van der Waals surface area contributed by atoms with Crippen LogP contribution in [0.25, 0.3) is 5.00 Å². The number of nitrogens with zero attached hydrogens (tertiary/aromatic N) is 7. The van der Waals surface area contributed by atoms with Gasteiger partial charge in [-0.2, -0.15) is 5.26 Å². The number of nitrogens with one attached hydrogen (secondary N) is 2. The molecule has 0 saturated carbocycles. The van der Waals surface area contributed by atoms with E-state index in [0.717, 1.165) is 38.9 Å². The topological polar surface area (TPSA) is 167 Å². The zero-order valence-electron chi connectivity index (χ0n) is 35.7. The molecule has 2 aromatic carbocycles. The van der Waals surface area contributed by atoms with Crippen molar-refractivity contribution in [3.05, 3.63) is 80.7 Å². The number of carbonyl (C=O) groups is 3. The molecule has 3 amide bonds. The summed E-state index contributed by atoms with van der Waals surface area (Å²) in [5, 5.41) is 25.8. The number of thiophene rings is 1. The van der Waals surface area contributed by atoms with Crippen LogP contribution in [0.1, 0.15) is 92.6 Å². The van der Waals surface area contributed by atoms with Gasteiger partial charge in [0.1, 0.15) is 35.1 Å². The maximum absolute atomic E-state index is 13.8. The van der Waals surface area contributed by atoms with Crippen LogP contribution in [0.15, 0.2) is 47.5 Å². The number of rotatable bonds is 17. The third-order valence-electron chi connectivity index (χ3n) is 10.9. The molecule has 14 nitrogen and oxygen atoms in total. The van der Waals surface area contributed by atoms with E-state index in [1.807, 2.05) is 74.4 Å². The van der Waals surface area contributed by atoms with Gasteiger partial charge in [0.25, 0.3) is 0 Å². The molecule has 0 bridgehead atoms. The summed E-state index contributed by atoms with van der Waals surface area (Å²) in [4.78, 5) is 49.1. The summed E-state index contributed by atoms with van der Waals surface area (Å²) in [6.45, 7) is 16.1. The molecule has 2 aliphatic heterocycles. The van der Waals surface area contributed by atoms with E-state index in [1.54, 1.807) is 23.5 Å². The molecule has 0 saturated heterocycles. The largest absolute Gasteiger partial charge is 0.489 e. The van der Waals surface area contributed by atoms with Crippen LogP contribution in [0, 0.1) is 32.1 Å². The van der Waals surface area contributed by atoms with Gasteiger partial charge in [-0.1, -0.05) is 23.7 Å². The van der Waals surface area contributed by atoms with Crippen molar-refractivity contribution in [3.8, 4) is 16.8 Å². The predicted octanol–water partition coefficient (Wildman–Crippen LogP) is 7.16. The SMILES string of the molecule is Cc1sc2c(c1C)C(c1ccc(Cl)cc1)=N[C@@H](CC(=O)NC(C)(C)CCOC(C)(C)CCNC(=O)CN1CCOc3cc(N(CCC#N)C(=O)CCl)ccc31)c1nnc(C)n1-2. The van der Waals surface area contributed by atoms with Crippen LogP contribution < -0.4 is 25.2 Å². The van der Waals surface area contributed by atoms with Gasteiger partial charge in [0, 0.05) is 58.0 Å². The number of ether oxygens (including phenoxy) is 2. The summed E-state index contributed by atoms with van der Waals surface area (Å²) in [6, 6.07) is 14.4. The lowest BCUT2D eigenvalue weighted by molar-refractivity contribution is -0.123. The van der Waals surface area contributed by atoms with Crippen molar-refractivity contribution < 1.29 is 23.9 Å². The molecule has 324 valence electrons. The van der Waals surface area contributed by atoms with Gasteiger partial charge in [0.05, 0.1) is 49.0 Å². The van der Waals surface area contributed by atoms with Crippen LogP contribution in [-0.4, -0.2) is 94.6 Å². The highest BCUT2D eigenvalue weighted by atomic mass is 35.5. The maximum Gasteiger partial charge on any atom is 0.241 e. The molecule has 0 spiro atoms. The number of amides is 3. The molecule has 0 radical (unpaired) electrons. The van der Waals surface area contributed by atoms with Crippen LogP contribution >= 0.6 is 34.5 Å². The fourth-order valence-corrected chi connectivity index (χ4v) is 8.90. The van der Waals surface area contributed by atoms with Crippen LogP contribution in [0.5, 0.6) is 5.75 Å². The number of hydrogen-bond acceptors (Lipinski definition) is 11. The average molecular weight is 891 g/mol. The maximum atomic E-state index is 13.8. The third kappa shape index (κ3) is 10.9. The molecular formula is C44H53Cl2N9O5S. The van der Waals surface area contributed by atoms with Crippen molar-refractivity contribution in [1.82, 2.24) is 25.4 Å². The van der Waals surface area contributed by atoms with Gasteiger partial charge in [-0.25, -0.2) is 0 Å². The van der Waals surface area contributed by atoms with E-state index < -0.39 is 17.2 Å². The first-order valence-corrected chi connectivity index (χ1v) is 22.1. The lowest BCUT2D eigenvalue weighted by Crippen LogP contribution is -2.45. The Morgan fingerprint density at radius 2 is 1.82 bits per heavy atom. The number of hydrogen-bond donors (Lipinski definition) is 2. The van der Waals surface area contributed by atoms with Gasteiger partial charge in [-0.15, -0.1) is 33.1 Å². The Balaban J connectivity index is 1.01. The standard InChI is InChI=1S/C44H53Cl2N9O5S/c1-27-28(2)61-42-39(27)40(30-9-11-31(46)12-10-30)49-33(41-52-51-29(3)55(41)42)24-36(56)50-43(4,5)16-21-60-44(6,7)15-18-48-37(57)26-53-20-22-59-35-23-32(13-14-34(35)53)54(19-8-17-47)38(58)25-45/h9-14,23,33H,8,15-16,18-22,24-26H2,1-7H3,(H,48,57)(H,50,56)/t33-/m0/s1. The molecule has 2 aliphatic rings. The van der Waals surface area contributed by atoms with E-state index >= 15 is 0 Å². The normalized spacial score (nSPS) is 14.7. The minimum Gasteiger partial charge on any atom is -0.489 e. The molecule has 1 atom stereocenters. The van der Waals surface area contributed by atoms with E-state index in [-0.39, 0.29) is 49.5 Å². The lowest BCUT2D eigenvalue weighted by atomic mass is 9.99. The minimum atomic E-state index is -0.589. The first kappa shape index (κ1) is 45.5. The van der Waals surface area contributed by atoms with Crippen LogP contribution in [0.3, 0.4) is 0 Å². The van der Waals surface area contributed by atoms with Crippen molar-refractivity contribution in [2.45, 2.75) is 91.3 Å². The van der Waals surface area contributed by atoms with E-state index in [9.17, 15) is 14.4 Å². The van der Waals surface area contributed by atoms with Gasteiger partial charge >= 0.3 is 0 Å². The number of benzene rings is 2. The lowest BCUT2D eigenvalue weighted by Gasteiger charge is -2.32. The Bertz CT molecular complexity index is 2330.